The number of nitrogens with zero attached hydrogens (tertiary/aromatic N) is 1. The number of carbonyl (C=O) groups excluding carboxylic acids is 4. The molecule has 27 heavy (non-hydrogen) atoms. The van der Waals surface area contributed by atoms with E-state index in [4.69, 9.17) is 0 Å². The molecule has 1 saturated carbocycles. The second kappa shape index (κ2) is 7.25. The van der Waals surface area contributed by atoms with Crippen LogP contribution in [0.1, 0.15) is 90.0 Å². The van der Waals surface area contributed by atoms with E-state index in [1.54, 1.807) is 6.07 Å². The van der Waals surface area contributed by atoms with E-state index in [-0.39, 0.29) is 18.7 Å². The number of hydrogen-bond donors (Lipinski definition) is 1. The van der Waals surface area contributed by atoms with Gasteiger partial charge in [-0.2, -0.15) is 0 Å². The lowest BCUT2D eigenvalue weighted by Gasteiger charge is -2.27. The molecule has 142 valence electrons. The van der Waals surface area contributed by atoms with E-state index in [2.05, 4.69) is 5.32 Å². The van der Waals surface area contributed by atoms with Crippen LogP contribution in [0.3, 0.4) is 0 Å². The number of fused-ring (bicyclic) bond motifs is 1. The van der Waals surface area contributed by atoms with E-state index >= 15 is 0 Å². The van der Waals surface area contributed by atoms with Crippen molar-refractivity contribution in [2.75, 3.05) is 0 Å². The topological polar surface area (TPSA) is 83.6 Å². The summed E-state index contributed by atoms with van der Waals surface area (Å²) in [6.07, 6.45) is 8.72. The molecule has 1 atom stereocenters. The summed E-state index contributed by atoms with van der Waals surface area (Å²) in [6.45, 7) is 0. The predicted molar refractivity (Wildman–Crippen MR) is 98.2 cm³/mol. The lowest BCUT2D eigenvalue weighted by molar-refractivity contribution is -0.136. The molecule has 0 aromatic heterocycles. The molecule has 0 radical (unpaired) electrons. The van der Waals surface area contributed by atoms with E-state index in [9.17, 15) is 19.2 Å². The van der Waals surface area contributed by atoms with Gasteiger partial charge in [0.05, 0.1) is 11.1 Å². The summed E-state index contributed by atoms with van der Waals surface area (Å²) in [4.78, 5) is 50.2. The van der Waals surface area contributed by atoms with Crippen LogP contribution in [0.5, 0.6) is 0 Å². The maximum Gasteiger partial charge on any atom is 0.262 e. The summed E-state index contributed by atoms with van der Waals surface area (Å²) in [5.41, 5.74) is 1.87. The third-order valence-electron chi connectivity index (χ3n) is 6.04. The Morgan fingerprint density at radius 1 is 0.815 bits per heavy atom. The Labute approximate surface area is 158 Å². The van der Waals surface area contributed by atoms with Crippen LogP contribution >= 0.6 is 0 Å². The summed E-state index contributed by atoms with van der Waals surface area (Å²) < 4.78 is 0. The van der Waals surface area contributed by atoms with Crippen LogP contribution in [0.15, 0.2) is 18.2 Å². The molecule has 2 fully saturated rings. The summed E-state index contributed by atoms with van der Waals surface area (Å²) >= 11 is 0. The number of piperidine rings is 1. The van der Waals surface area contributed by atoms with Crippen molar-refractivity contribution in [3.8, 4) is 0 Å². The van der Waals surface area contributed by atoms with Gasteiger partial charge >= 0.3 is 0 Å². The van der Waals surface area contributed by atoms with Crippen molar-refractivity contribution in [2.24, 2.45) is 0 Å². The van der Waals surface area contributed by atoms with Crippen LogP contribution in [-0.4, -0.2) is 34.6 Å². The molecule has 6 nitrogen and oxygen atoms in total. The van der Waals surface area contributed by atoms with E-state index < -0.39 is 23.8 Å². The highest BCUT2D eigenvalue weighted by Crippen LogP contribution is 2.34. The van der Waals surface area contributed by atoms with Gasteiger partial charge in [-0.1, -0.05) is 38.2 Å². The zero-order chi connectivity index (χ0) is 19.0. The van der Waals surface area contributed by atoms with Crippen LogP contribution in [0.25, 0.3) is 0 Å². The molecule has 4 amide bonds. The van der Waals surface area contributed by atoms with E-state index in [1.807, 2.05) is 12.1 Å². The molecule has 6 heteroatoms. The number of amides is 4. The number of benzene rings is 1. The first kappa shape index (κ1) is 17.9. The highest BCUT2D eigenvalue weighted by molar-refractivity contribution is 6.23. The average Bonchev–Trinajstić information content (AvgIpc) is 2.86. The van der Waals surface area contributed by atoms with Crippen molar-refractivity contribution in [3.05, 3.63) is 34.9 Å². The lowest BCUT2D eigenvalue weighted by atomic mass is 9.85. The van der Waals surface area contributed by atoms with Crippen molar-refractivity contribution in [2.45, 2.75) is 69.7 Å². The molecule has 2 aliphatic heterocycles. The first-order valence-electron chi connectivity index (χ1n) is 9.92. The number of hydrogen-bond acceptors (Lipinski definition) is 4. The molecule has 1 aromatic carbocycles. The van der Waals surface area contributed by atoms with Gasteiger partial charge in [0.25, 0.3) is 11.8 Å². The molecule has 0 bridgehead atoms. The third kappa shape index (κ3) is 3.29. The Kier molecular flexibility index (Phi) is 4.81. The summed E-state index contributed by atoms with van der Waals surface area (Å²) in [7, 11) is 0. The van der Waals surface area contributed by atoms with Gasteiger partial charge in [0.15, 0.2) is 0 Å². The number of nitrogens with one attached hydrogen (secondary N) is 1. The minimum absolute atomic E-state index is 0.136. The summed E-state index contributed by atoms with van der Waals surface area (Å²) in [5, 5.41) is 2.23. The zero-order valence-corrected chi connectivity index (χ0v) is 15.3. The number of imide groups is 2. The van der Waals surface area contributed by atoms with Gasteiger partial charge in [-0.05, 0) is 42.9 Å². The Morgan fingerprint density at radius 3 is 2.19 bits per heavy atom. The van der Waals surface area contributed by atoms with Gasteiger partial charge in [-0.15, -0.1) is 0 Å². The fourth-order valence-corrected chi connectivity index (χ4v) is 4.53. The Balaban J connectivity index is 1.59. The molecule has 0 spiro atoms. The monoisotopic (exact) mass is 368 g/mol. The largest absolute Gasteiger partial charge is 0.295 e. The molecule has 1 N–H and O–H groups in total. The lowest BCUT2D eigenvalue weighted by Crippen LogP contribution is -2.54. The minimum Gasteiger partial charge on any atom is -0.295 e. The second-order valence-electron chi connectivity index (χ2n) is 7.79. The highest BCUT2D eigenvalue weighted by atomic mass is 16.2. The fourth-order valence-electron chi connectivity index (χ4n) is 4.53. The SMILES string of the molecule is O=C1CCC(N2C(=O)c3ccc(C4CCCCCCC4)cc3C2=O)C(=O)N1. The van der Waals surface area contributed by atoms with Crippen molar-refractivity contribution in [1.82, 2.24) is 10.2 Å². The Morgan fingerprint density at radius 2 is 1.48 bits per heavy atom. The third-order valence-corrected chi connectivity index (χ3v) is 6.04. The highest BCUT2D eigenvalue weighted by Gasteiger charge is 2.44. The van der Waals surface area contributed by atoms with Crippen LogP contribution in [0.2, 0.25) is 0 Å². The van der Waals surface area contributed by atoms with E-state index in [1.165, 1.54) is 32.1 Å². The van der Waals surface area contributed by atoms with Crippen molar-refractivity contribution in [3.63, 3.8) is 0 Å². The van der Waals surface area contributed by atoms with Gasteiger partial charge in [0.1, 0.15) is 6.04 Å². The van der Waals surface area contributed by atoms with Crippen LogP contribution in [0.4, 0.5) is 0 Å². The van der Waals surface area contributed by atoms with Gasteiger partial charge in [-0.3, -0.25) is 29.4 Å². The molecular weight excluding hydrogens is 344 g/mol. The molecule has 3 aliphatic rings. The average molecular weight is 368 g/mol. The molecule has 1 aliphatic carbocycles. The number of rotatable bonds is 2. The fraction of sp³-hybridized carbons (Fsp3) is 0.524. The van der Waals surface area contributed by atoms with Crippen molar-refractivity contribution >= 4 is 23.6 Å². The smallest absolute Gasteiger partial charge is 0.262 e. The normalized spacial score (nSPS) is 24.4. The molecule has 1 saturated heterocycles. The maximum absolute atomic E-state index is 12.9. The Hall–Kier alpha value is -2.50. The van der Waals surface area contributed by atoms with Crippen LogP contribution < -0.4 is 5.32 Å². The molecule has 4 rings (SSSR count). The van der Waals surface area contributed by atoms with E-state index in [0.717, 1.165) is 23.3 Å². The minimum atomic E-state index is -0.903. The second-order valence-corrected chi connectivity index (χ2v) is 7.79. The first-order chi connectivity index (χ1) is 13.1. The quantitative estimate of drug-likeness (QED) is 0.814. The Bertz CT molecular complexity index is 808. The molecule has 1 unspecified atom stereocenters. The van der Waals surface area contributed by atoms with Gasteiger partial charge in [0, 0.05) is 6.42 Å². The van der Waals surface area contributed by atoms with Crippen molar-refractivity contribution in [1.29, 1.82) is 0 Å². The van der Waals surface area contributed by atoms with E-state index in [0.29, 0.717) is 17.0 Å². The summed E-state index contributed by atoms with van der Waals surface area (Å²) in [5.74, 6) is -1.37. The summed E-state index contributed by atoms with van der Waals surface area (Å²) in [6, 6.07) is 4.65. The van der Waals surface area contributed by atoms with Gasteiger partial charge in [-0.25, -0.2) is 0 Å². The number of carbonyl (C=O) groups is 4. The maximum atomic E-state index is 12.9. The first-order valence-corrected chi connectivity index (χ1v) is 9.92. The standard InChI is InChI=1S/C21H24N2O4/c24-18-11-10-17(19(25)22-18)23-20(26)15-9-8-14(12-16(15)21(23)27)13-6-4-2-1-3-5-7-13/h8-9,12-13,17H,1-7,10-11H2,(H,22,24,25). The van der Waals surface area contributed by atoms with Crippen molar-refractivity contribution < 1.29 is 19.2 Å². The molecule has 2 heterocycles. The van der Waals surface area contributed by atoms with Gasteiger partial charge < -0.3 is 0 Å². The molecule has 1 aromatic rings. The van der Waals surface area contributed by atoms with Crippen LogP contribution in [-0.2, 0) is 9.59 Å². The zero-order valence-electron chi connectivity index (χ0n) is 15.3. The predicted octanol–water partition coefficient (Wildman–Crippen LogP) is 2.92. The van der Waals surface area contributed by atoms with Gasteiger partial charge in [0.2, 0.25) is 11.8 Å². The molecular formula is C21H24N2O4. The van der Waals surface area contributed by atoms with Crippen LogP contribution in [0, 0.1) is 0 Å².